The molecule has 2 bridgehead atoms. The van der Waals surface area contributed by atoms with Crippen molar-refractivity contribution in [2.24, 2.45) is 5.92 Å². The van der Waals surface area contributed by atoms with Crippen molar-refractivity contribution in [3.8, 4) is 39.4 Å². The maximum Gasteiger partial charge on any atom is 0.407 e. The van der Waals surface area contributed by atoms with Crippen LogP contribution in [0.2, 0.25) is 0 Å². The van der Waals surface area contributed by atoms with E-state index in [1.165, 1.54) is 12.0 Å². The summed E-state index contributed by atoms with van der Waals surface area (Å²) in [5.74, 6) is 2.88. The van der Waals surface area contributed by atoms with Crippen LogP contribution in [0.1, 0.15) is 58.1 Å². The molecule has 5 N–H and O–H groups in total. The van der Waals surface area contributed by atoms with Gasteiger partial charge in [0.2, 0.25) is 18.2 Å². The largest absolute Gasteiger partial charge is 0.493 e. The summed E-state index contributed by atoms with van der Waals surface area (Å²) in [5, 5.41) is 8.87. The van der Waals surface area contributed by atoms with E-state index in [4.69, 9.17) is 33.7 Å². The van der Waals surface area contributed by atoms with Crippen LogP contribution in [0.15, 0.2) is 54.9 Å². The molecule has 4 aromatic rings. The second-order valence-corrected chi connectivity index (χ2v) is 17.0. The number of amides is 3. The van der Waals surface area contributed by atoms with Crippen molar-refractivity contribution in [3.63, 3.8) is 0 Å². The number of carbonyl (C=O) groups excluding carboxylic acids is 3. The van der Waals surface area contributed by atoms with E-state index in [1.807, 2.05) is 50.9 Å². The summed E-state index contributed by atoms with van der Waals surface area (Å²) in [5.41, 5.74) is 4.62. The van der Waals surface area contributed by atoms with Crippen molar-refractivity contribution in [1.82, 2.24) is 40.8 Å². The Balaban J connectivity index is 0.989. The SMILES string of the molecule is COC(=O)N[C@H]1COCCCCOc2cc(-c3ccc(-c4c[nH]c([C@@]5(CCCNC(=O)[C@](C)(NC6OCO6)C(C)C)CS5)n4)cc3)ccc2-c2c[nH]c(n2)CN(C)C1=O. The first-order chi connectivity index (χ1) is 28.5. The average molecular weight is 831 g/mol. The number of ether oxygens (including phenoxy) is 5. The number of aromatic amines is 2. The van der Waals surface area contributed by atoms with Gasteiger partial charge in [-0.15, -0.1) is 11.8 Å². The molecule has 0 saturated carbocycles. The lowest BCUT2D eigenvalue weighted by Crippen LogP contribution is -2.64. The fraction of sp³-hybridized carbons (Fsp3) is 0.500. The van der Waals surface area contributed by atoms with Crippen molar-refractivity contribution in [1.29, 1.82) is 0 Å². The molecule has 2 aromatic heterocycles. The Hall–Kier alpha value is -4.94. The predicted molar refractivity (Wildman–Crippen MR) is 222 cm³/mol. The third-order valence-electron chi connectivity index (χ3n) is 11.2. The van der Waals surface area contributed by atoms with Crippen LogP contribution in [0.3, 0.4) is 0 Å². The number of hydrogen-bond acceptors (Lipinski definition) is 12. The Labute approximate surface area is 348 Å². The minimum Gasteiger partial charge on any atom is -0.493 e. The zero-order chi connectivity index (χ0) is 41.6. The molecule has 5 heterocycles. The van der Waals surface area contributed by atoms with Crippen molar-refractivity contribution in [2.45, 2.75) is 75.7 Å². The molecule has 0 aliphatic carbocycles. The quantitative estimate of drug-likeness (QED) is 0.0935. The van der Waals surface area contributed by atoms with Crippen LogP contribution in [-0.2, 0) is 39.8 Å². The van der Waals surface area contributed by atoms with E-state index in [-0.39, 0.29) is 42.4 Å². The zero-order valence-corrected chi connectivity index (χ0v) is 35.0. The van der Waals surface area contributed by atoms with Gasteiger partial charge < -0.3 is 49.2 Å². The highest BCUT2D eigenvalue weighted by Gasteiger charge is 2.48. The Kier molecular flexibility index (Phi) is 13.3. The molecular weight excluding hydrogens is 777 g/mol. The molecule has 3 aliphatic rings. The first kappa shape index (κ1) is 42.2. The van der Waals surface area contributed by atoms with Gasteiger partial charge >= 0.3 is 6.09 Å². The zero-order valence-electron chi connectivity index (χ0n) is 34.2. The standard InChI is InChI=1S/C42H54N8O8S/c1-26(2)41(3,49-40-57-25-58-40)38(52)43-16-8-15-42(24-59-42)37-45-20-31(47-37)28-11-9-27(10-12-28)29-13-14-30-32-21-44-35(46-32)22-50(4)36(51)33(48-39(53)54-5)23-55-17-6-7-18-56-34(30)19-29/h9-14,19-21,26,33,40,49H,6-8,15-18,22-25H2,1-5H3,(H,43,52)(H,44,46)(H,45,47)(H,48,53)/t33-,41+,42+/m0/s1. The predicted octanol–water partition coefficient (Wildman–Crippen LogP) is 5.14. The van der Waals surface area contributed by atoms with Gasteiger partial charge in [0.1, 0.15) is 29.0 Å². The molecule has 17 heteroatoms. The molecule has 0 radical (unpaired) electrons. The van der Waals surface area contributed by atoms with E-state index < -0.39 is 24.1 Å². The molecule has 16 nitrogen and oxygen atoms in total. The van der Waals surface area contributed by atoms with Gasteiger partial charge in [0.05, 0.1) is 43.0 Å². The van der Waals surface area contributed by atoms with E-state index in [9.17, 15) is 14.4 Å². The summed E-state index contributed by atoms with van der Waals surface area (Å²) >= 11 is 1.88. The lowest BCUT2D eigenvalue weighted by Gasteiger charge is -2.39. The maximum absolute atomic E-state index is 13.2. The Morgan fingerprint density at radius 1 is 1.03 bits per heavy atom. The summed E-state index contributed by atoms with van der Waals surface area (Å²) in [6.45, 7) is 7.76. The van der Waals surface area contributed by atoms with Gasteiger partial charge in [0.15, 0.2) is 6.79 Å². The Morgan fingerprint density at radius 2 is 1.76 bits per heavy atom. The molecule has 59 heavy (non-hydrogen) atoms. The van der Waals surface area contributed by atoms with Gasteiger partial charge in [-0.3, -0.25) is 14.9 Å². The first-order valence-electron chi connectivity index (χ1n) is 20.1. The molecule has 3 amide bonds. The summed E-state index contributed by atoms with van der Waals surface area (Å²) in [7, 11) is 2.90. The number of aromatic nitrogens is 4. The third kappa shape index (κ3) is 9.92. The smallest absolute Gasteiger partial charge is 0.407 e. The molecule has 316 valence electrons. The number of methoxy groups -OCH3 is 1. The molecule has 3 atom stereocenters. The minimum atomic E-state index is -0.895. The number of H-pyrrole nitrogens is 2. The van der Waals surface area contributed by atoms with E-state index in [1.54, 1.807) is 13.2 Å². The maximum atomic E-state index is 13.2. The number of fused-ring (bicyclic) bond motifs is 4. The highest BCUT2D eigenvalue weighted by Crippen LogP contribution is 2.55. The topological polar surface area (TPSA) is 194 Å². The third-order valence-corrected chi connectivity index (χ3v) is 12.6. The number of likely N-dealkylation sites (N-methyl/N-ethyl adjacent to an activating group) is 1. The van der Waals surface area contributed by atoms with Crippen LogP contribution in [0.25, 0.3) is 33.6 Å². The van der Waals surface area contributed by atoms with E-state index >= 15 is 0 Å². The molecule has 2 fully saturated rings. The lowest BCUT2D eigenvalue weighted by molar-refractivity contribution is -0.339. The van der Waals surface area contributed by atoms with Gasteiger partial charge in [0, 0.05) is 49.5 Å². The summed E-state index contributed by atoms with van der Waals surface area (Å²) in [6, 6.07) is 13.5. The highest BCUT2D eigenvalue weighted by atomic mass is 32.2. The number of imidazole rings is 2. The number of alkyl carbamates (subject to hydrolysis) is 1. The van der Waals surface area contributed by atoms with Gasteiger partial charge in [0.25, 0.3) is 0 Å². The lowest BCUT2D eigenvalue weighted by atomic mass is 9.87. The number of nitrogens with one attached hydrogen (secondary N) is 5. The van der Waals surface area contributed by atoms with E-state index in [0.717, 1.165) is 58.8 Å². The van der Waals surface area contributed by atoms with Crippen LogP contribution < -0.4 is 20.7 Å². The average Bonchev–Trinajstić information content (AvgIpc) is 3.58. The molecule has 7 rings (SSSR count). The minimum absolute atomic E-state index is 0.0160. The van der Waals surface area contributed by atoms with E-state index in [0.29, 0.717) is 43.4 Å². The fourth-order valence-corrected chi connectivity index (χ4v) is 7.97. The molecule has 3 aliphatic heterocycles. The van der Waals surface area contributed by atoms with Crippen LogP contribution in [-0.4, -0.2) is 114 Å². The van der Waals surface area contributed by atoms with Crippen LogP contribution in [0.5, 0.6) is 5.75 Å². The number of hydrogen-bond donors (Lipinski definition) is 5. The van der Waals surface area contributed by atoms with Gasteiger partial charge in [-0.1, -0.05) is 44.2 Å². The van der Waals surface area contributed by atoms with Crippen molar-refractivity contribution >= 4 is 29.7 Å². The number of carbonyl (C=O) groups is 3. The molecule has 0 spiro atoms. The van der Waals surface area contributed by atoms with Gasteiger partial charge in [-0.05, 0) is 61.8 Å². The fourth-order valence-electron chi connectivity index (χ4n) is 6.99. The number of benzene rings is 2. The van der Waals surface area contributed by atoms with Crippen LogP contribution in [0.4, 0.5) is 4.79 Å². The monoisotopic (exact) mass is 830 g/mol. The second-order valence-electron chi connectivity index (χ2n) is 15.6. The number of thioether (sulfide) groups is 1. The molecule has 2 aromatic carbocycles. The van der Waals surface area contributed by atoms with Crippen molar-refractivity contribution in [2.75, 3.05) is 53.1 Å². The molecular formula is C42H54N8O8S. The Bertz CT molecular complexity index is 2080. The summed E-state index contributed by atoms with van der Waals surface area (Å²) in [6.07, 6.45) is 5.66. The summed E-state index contributed by atoms with van der Waals surface area (Å²) < 4.78 is 27.4. The molecule has 0 unspecified atom stereocenters. The first-order valence-corrected chi connectivity index (χ1v) is 21.0. The normalized spacial score (nSPS) is 21.2. The van der Waals surface area contributed by atoms with Gasteiger partial charge in [-0.2, -0.15) is 0 Å². The second kappa shape index (κ2) is 18.5. The molecule has 2 saturated heterocycles. The number of nitrogens with zero attached hydrogens (tertiary/aromatic N) is 3. The Morgan fingerprint density at radius 3 is 2.47 bits per heavy atom. The van der Waals surface area contributed by atoms with E-state index in [2.05, 4.69) is 56.3 Å². The number of rotatable bonds is 12. The highest BCUT2D eigenvalue weighted by molar-refractivity contribution is 8.07. The van der Waals surface area contributed by atoms with Crippen molar-refractivity contribution in [3.05, 3.63) is 66.5 Å². The summed E-state index contributed by atoms with van der Waals surface area (Å²) in [4.78, 5) is 56.3. The van der Waals surface area contributed by atoms with Gasteiger partial charge in [-0.25, -0.2) is 14.8 Å². The van der Waals surface area contributed by atoms with Crippen molar-refractivity contribution < 1.29 is 38.1 Å². The van der Waals surface area contributed by atoms with Crippen LogP contribution in [0, 0.1) is 5.92 Å². The van der Waals surface area contributed by atoms with Crippen LogP contribution >= 0.6 is 11.8 Å².